The largest absolute Gasteiger partial charge is 0.335 e. The predicted octanol–water partition coefficient (Wildman–Crippen LogP) is 3.91. The van der Waals surface area contributed by atoms with Crippen molar-refractivity contribution in [3.05, 3.63) is 65.5 Å². The van der Waals surface area contributed by atoms with E-state index in [-0.39, 0.29) is 5.91 Å². The number of rotatable bonds is 1. The second-order valence-electron chi connectivity index (χ2n) is 7.61. The lowest BCUT2D eigenvalue weighted by Crippen LogP contribution is -2.49. The van der Waals surface area contributed by atoms with Gasteiger partial charge in [0.05, 0.1) is 17.4 Å². The summed E-state index contributed by atoms with van der Waals surface area (Å²) >= 11 is 0. The van der Waals surface area contributed by atoms with E-state index in [1.165, 1.54) is 17.5 Å². The van der Waals surface area contributed by atoms with Crippen LogP contribution in [0.25, 0.3) is 11.0 Å². The molecule has 0 radical (unpaired) electrons. The topological polar surface area (TPSA) is 38.1 Å². The maximum Gasteiger partial charge on any atom is 0.254 e. The maximum atomic E-state index is 13.3. The van der Waals surface area contributed by atoms with Gasteiger partial charge in [0, 0.05) is 31.1 Å². The molecule has 0 N–H and O–H groups in total. The molecule has 1 amide bonds. The molecule has 2 atom stereocenters. The van der Waals surface area contributed by atoms with Crippen molar-refractivity contribution >= 4 is 16.9 Å². The highest BCUT2D eigenvalue weighted by Crippen LogP contribution is 2.41. The van der Waals surface area contributed by atoms with Gasteiger partial charge in [-0.05, 0) is 55.0 Å². The number of imidazole rings is 1. The number of amides is 1. The normalized spacial score (nSPS) is 22.1. The summed E-state index contributed by atoms with van der Waals surface area (Å²) in [4.78, 5) is 19.8. The average molecular weight is 345 g/mol. The van der Waals surface area contributed by atoms with Crippen molar-refractivity contribution in [2.45, 2.75) is 37.6 Å². The number of hydrogen-bond acceptors (Lipinski definition) is 2. The van der Waals surface area contributed by atoms with E-state index < -0.39 is 0 Å². The molecule has 3 aromatic rings. The number of carbonyl (C=O) groups is 1. The van der Waals surface area contributed by atoms with Gasteiger partial charge in [-0.1, -0.05) is 24.3 Å². The van der Waals surface area contributed by atoms with Crippen LogP contribution in [0.15, 0.2) is 48.8 Å². The van der Waals surface area contributed by atoms with Gasteiger partial charge >= 0.3 is 0 Å². The van der Waals surface area contributed by atoms with E-state index >= 15 is 0 Å². The first-order valence-electron chi connectivity index (χ1n) is 9.52. The molecule has 4 nitrogen and oxygen atoms in total. The molecular weight excluding hydrogens is 322 g/mol. The summed E-state index contributed by atoms with van der Waals surface area (Å²) in [6.45, 7) is 0.867. The minimum absolute atomic E-state index is 0.169. The first-order chi connectivity index (χ1) is 12.7. The number of fused-ring (bicyclic) bond motifs is 4. The Morgan fingerprint density at radius 1 is 1.15 bits per heavy atom. The third-order valence-corrected chi connectivity index (χ3v) is 6.18. The molecule has 2 heterocycles. The lowest BCUT2D eigenvalue weighted by molar-refractivity contribution is 0.0547. The summed E-state index contributed by atoms with van der Waals surface area (Å²) in [7, 11) is 1.97. The standard InChI is InChI=1S/C22H23N3O/c1-24-14-23-19-10-8-16(13-21(19)24)22(26)25-12-4-7-18-17-6-3-2-5-15(17)9-11-20(18)25/h2-3,5-6,8,10,13-14,18,20H,4,7,9,11-12H2,1H3. The van der Waals surface area contributed by atoms with Gasteiger partial charge in [0.25, 0.3) is 5.91 Å². The Labute approximate surface area is 153 Å². The van der Waals surface area contributed by atoms with Crippen molar-refractivity contribution in [3.8, 4) is 0 Å². The first kappa shape index (κ1) is 15.6. The molecule has 1 fully saturated rings. The molecule has 0 spiro atoms. The van der Waals surface area contributed by atoms with Gasteiger partial charge in [0.15, 0.2) is 0 Å². The van der Waals surface area contributed by atoms with Crippen LogP contribution in [-0.4, -0.2) is 32.9 Å². The molecule has 0 saturated carbocycles. The van der Waals surface area contributed by atoms with Crippen molar-refractivity contribution in [2.75, 3.05) is 6.54 Å². The summed E-state index contributed by atoms with van der Waals surface area (Å²) in [5.74, 6) is 0.653. The zero-order valence-electron chi connectivity index (χ0n) is 15.1. The van der Waals surface area contributed by atoms with E-state index in [2.05, 4.69) is 34.1 Å². The molecule has 4 heteroatoms. The molecule has 2 unspecified atom stereocenters. The number of likely N-dealkylation sites (tertiary alicyclic amines) is 1. The summed E-state index contributed by atoms with van der Waals surface area (Å²) in [6.07, 6.45) is 6.21. The third kappa shape index (κ3) is 2.36. The van der Waals surface area contributed by atoms with Gasteiger partial charge in [0.1, 0.15) is 0 Å². The van der Waals surface area contributed by atoms with Gasteiger partial charge < -0.3 is 9.47 Å². The van der Waals surface area contributed by atoms with Gasteiger partial charge in [-0.15, -0.1) is 0 Å². The third-order valence-electron chi connectivity index (χ3n) is 6.18. The lowest BCUT2D eigenvalue weighted by atomic mass is 9.74. The molecule has 2 aliphatic rings. The lowest BCUT2D eigenvalue weighted by Gasteiger charge is -2.45. The Bertz CT molecular complexity index is 990. The zero-order chi connectivity index (χ0) is 17.7. The van der Waals surface area contributed by atoms with Crippen LogP contribution in [0, 0.1) is 0 Å². The number of nitrogens with zero attached hydrogens (tertiary/aromatic N) is 3. The molecule has 132 valence electrons. The van der Waals surface area contributed by atoms with E-state index in [9.17, 15) is 4.79 Å². The SMILES string of the molecule is Cn1cnc2ccc(C(=O)N3CCCC4c5ccccc5CCC43)cc21. The van der Waals surface area contributed by atoms with Gasteiger partial charge in [-0.25, -0.2) is 4.98 Å². The smallest absolute Gasteiger partial charge is 0.254 e. The van der Waals surface area contributed by atoms with Crippen LogP contribution in [0.4, 0.5) is 0 Å². The van der Waals surface area contributed by atoms with E-state index in [0.29, 0.717) is 12.0 Å². The van der Waals surface area contributed by atoms with Crippen LogP contribution in [-0.2, 0) is 13.5 Å². The fraction of sp³-hybridized carbons (Fsp3) is 0.364. The Hall–Kier alpha value is -2.62. The molecule has 1 aliphatic heterocycles. The van der Waals surface area contributed by atoms with Crippen molar-refractivity contribution < 1.29 is 4.79 Å². The van der Waals surface area contributed by atoms with Crippen LogP contribution < -0.4 is 0 Å². The summed E-state index contributed by atoms with van der Waals surface area (Å²) in [5, 5.41) is 0. The molecular formula is C22H23N3O. The summed E-state index contributed by atoms with van der Waals surface area (Å²) in [5.41, 5.74) is 5.66. The maximum absolute atomic E-state index is 13.3. The molecule has 5 rings (SSSR count). The Morgan fingerprint density at radius 2 is 2.04 bits per heavy atom. The van der Waals surface area contributed by atoms with Crippen molar-refractivity contribution in [2.24, 2.45) is 7.05 Å². The van der Waals surface area contributed by atoms with Gasteiger partial charge in [0.2, 0.25) is 0 Å². The predicted molar refractivity (Wildman–Crippen MR) is 102 cm³/mol. The van der Waals surface area contributed by atoms with Gasteiger partial charge in [-0.2, -0.15) is 0 Å². The van der Waals surface area contributed by atoms with Crippen molar-refractivity contribution in [1.29, 1.82) is 0 Å². The minimum Gasteiger partial charge on any atom is -0.335 e. The molecule has 2 aromatic carbocycles. The van der Waals surface area contributed by atoms with Crippen LogP contribution in [0.2, 0.25) is 0 Å². The summed E-state index contributed by atoms with van der Waals surface area (Å²) < 4.78 is 1.97. The molecule has 0 bridgehead atoms. The quantitative estimate of drug-likeness (QED) is 0.671. The number of aryl methyl sites for hydroxylation is 2. The first-order valence-corrected chi connectivity index (χ1v) is 9.52. The molecule has 1 aromatic heterocycles. The highest BCUT2D eigenvalue weighted by atomic mass is 16.2. The molecule has 26 heavy (non-hydrogen) atoms. The van der Waals surface area contributed by atoms with Crippen molar-refractivity contribution in [1.82, 2.24) is 14.5 Å². The van der Waals surface area contributed by atoms with Crippen LogP contribution in [0.5, 0.6) is 0 Å². The van der Waals surface area contributed by atoms with Crippen molar-refractivity contribution in [3.63, 3.8) is 0 Å². The summed E-state index contributed by atoms with van der Waals surface area (Å²) in [6, 6.07) is 15.0. The van der Waals surface area contributed by atoms with E-state index in [4.69, 9.17) is 0 Å². The number of piperidine rings is 1. The average Bonchev–Trinajstić information content (AvgIpc) is 3.07. The molecule has 1 aliphatic carbocycles. The fourth-order valence-corrected chi connectivity index (χ4v) is 4.88. The van der Waals surface area contributed by atoms with Crippen LogP contribution in [0.3, 0.4) is 0 Å². The second kappa shape index (κ2) is 5.97. The second-order valence-corrected chi connectivity index (χ2v) is 7.61. The molecule has 1 saturated heterocycles. The van der Waals surface area contributed by atoms with Crippen LogP contribution in [0.1, 0.15) is 46.7 Å². The van der Waals surface area contributed by atoms with E-state index in [1.807, 2.05) is 29.8 Å². The monoisotopic (exact) mass is 345 g/mol. The Balaban J connectivity index is 1.49. The Kier molecular flexibility index (Phi) is 3.59. The van der Waals surface area contributed by atoms with E-state index in [1.54, 1.807) is 6.33 Å². The highest BCUT2D eigenvalue weighted by Gasteiger charge is 2.38. The minimum atomic E-state index is 0.169. The number of carbonyl (C=O) groups excluding carboxylic acids is 1. The van der Waals surface area contributed by atoms with E-state index in [0.717, 1.165) is 42.4 Å². The zero-order valence-corrected chi connectivity index (χ0v) is 15.1. The number of hydrogen-bond donors (Lipinski definition) is 0. The fourth-order valence-electron chi connectivity index (χ4n) is 4.88. The Morgan fingerprint density at radius 3 is 2.96 bits per heavy atom. The van der Waals surface area contributed by atoms with Gasteiger partial charge in [-0.3, -0.25) is 4.79 Å². The number of benzene rings is 2. The highest BCUT2D eigenvalue weighted by molar-refractivity contribution is 5.97. The number of aromatic nitrogens is 2. The van der Waals surface area contributed by atoms with Crippen LogP contribution >= 0.6 is 0 Å².